The summed E-state index contributed by atoms with van der Waals surface area (Å²) in [5.74, 6) is -0.183. The third kappa shape index (κ3) is 2.77. The number of aryl methyl sites for hydroxylation is 1. The zero-order valence-electron chi connectivity index (χ0n) is 11.0. The van der Waals surface area contributed by atoms with Gasteiger partial charge in [-0.25, -0.2) is 4.39 Å². The summed E-state index contributed by atoms with van der Waals surface area (Å²) in [6, 6.07) is 13.6. The van der Waals surface area contributed by atoms with Crippen molar-refractivity contribution in [1.82, 2.24) is 5.32 Å². The molecule has 94 valence electrons. The van der Waals surface area contributed by atoms with Crippen molar-refractivity contribution in [1.29, 1.82) is 0 Å². The van der Waals surface area contributed by atoms with Gasteiger partial charge in [0.1, 0.15) is 5.82 Å². The molecule has 1 N–H and O–H groups in total. The fraction of sp³-hybridized carbons (Fsp3) is 0.250. The van der Waals surface area contributed by atoms with Crippen molar-refractivity contribution >= 4 is 0 Å². The third-order valence-electron chi connectivity index (χ3n) is 3.20. The summed E-state index contributed by atoms with van der Waals surface area (Å²) in [5.41, 5.74) is 4.13. The van der Waals surface area contributed by atoms with E-state index in [-0.39, 0.29) is 5.82 Å². The summed E-state index contributed by atoms with van der Waals surface area (Å²) in [6.07, 6.45) is 0. The van der Waals surface area contributed by atoms with E-state index in [0.717, 1.165) is 16.7 Å². The lowest BCUT2D eigenvalue weighted by Crippen LogP contribution is -2.12. The van der Waals surface area contributed by atoms with Crippen molar-refractivity contribution in [3.8, 4) is 11.1 Å². The molecule has 0 bridgehead atoms. The smallest absolute Gasteiger partial charge is 0.124 e. The maximum absolute atomic E-state index is 13.4. The Kier molecular flexibility index (Phi) is 3.78. The molecule has 2 aromatic rings. The van der Waals surface area contributed by atoms with Crippen molar-refractivity contribution in [2.24, 2.45) is 0 Å². The zero-order chi connectivity index (χ0) is 13.1. The molecule has 0 aliphatic rings. The maximum Gasteiger partial charge on any atom is 0.124 e. The lowest BCUT2D eigenvalue weighted by molar-refractivity contribution is 0.627. The molecule has 18 heavy (non-hydrogen) atoms. The molecule has 0 spiro atoms. The van der Waals surface area contributed by atoms with Gasteiger partial charge in [-0.1, -0.05) is 24.3 Å². The molecule has 1 atom stereocenters. The first-order chi connectivity index (χ1) is 8.60. The van der Waals surface area contributed by atoms with Crippen molar-refractivity contribution < 1.29 is 4.39 Å². The van der Waals surface area contributed by atoms with Crippen molar-refractivity contribution in [2.75, 3.05) is 7.05 Å². The van der Waals surface area contributed by atoms with E-state index < -0.39 is 0 Å². The Morgan fingerprint density at radius 1 is 1.06 bits per heavy atom. The van der Waals surface area contributed by atoms with E-state index in [9.17, 15) is 4.39 Å². The van der Waals surface area contributed by atoms with Crippen LogP contribution in [0.5, 0.6) is 0 Å². The molecule has 0 radical (unpaired) electrons. The molecule has 1 nitrogen and oxygen atoms in total. The molecule has 2 rings (SSSR count). The highest BCUT2D eigenvalue weighted by Gasteiger charge is 2.05. The van der Waals surface area contributed by atoms with Gasteiger partial charge in [-0.2, -0.15) is 0 Å². The fourth-order valence-electron chi connectivity index (χ4n) is 2.06. The Balaban J connectivity index is 2.44. The Bertz CT molecular complexity index is 528. The van der Waals surface area contributed by atoms with Crippen LogP contribution < -0.4 is 5.32 Å². The van der Waals surface area contributed by atoms with E-state index >= 15 is 0 Å². The average Bonchev–Trinajstić information content (AvgIpc) is 2.37. The van der Waals surface area contributed by atoms with E-state index in [2.05, 4.69) is 24.4 Å². The normalized spacial score (nSPS) is 12.4. The number of nitrogens with one attached hydrogen (secondary N) is 1. The van der Waals surface area contributed by atoms with Crippen LogP contribution in [0.15, 0.2) is 42.5 Å². The standard InChI is InChI=1S/C16H18FN/c1-11-7-15(10-16(17)8-11)14-6-4-5-13(9-14)12(2)18-3/h4-10,12,18H,1-3H3. The summed E-state index contributed by atoms with van der Waals surface area (Å²) in [6.45, 7) is 4.02. The topological polar surface area (TPSA) is 12.0 Å². The predicted octanol–water partition coefficient (Wildman–Crippen LogP) is 4.08. The van der Waals surface area contributed by atoms with E-state index in [1.54, 1.807) is 12.1 Å². The molecular weight excluding hydrogens is 225 g/mol. The van der Waals surface area contributed by atoms with Crippen molar-refractivity contribution in [3.05, 3.63) is 59.4 Å². The van der Waals surface area contributed by atoms with Crippen LogP contribution in [-0.4, -0.2) is 7.05 Å². The number of rotatable bonds is 3. The minimum atomic E-state index is -0.183. The predicted molar refractivity (Wildman–Crippen MR) is 74.0 cm³/mol. The van der Waals surface area contributed by atoms with E-state index in [1.807, 2.05) is 32.2 Å². The van der Waals surface area contributed by atoms with E-state index in [0.29, 0.717) is 6.04 Å². The van der Waals surface area contributed by atoms with Gasteiger partial charge in [-0.3, -0.25) is 0 Å². The zero-order valence-corrected chi connectivity index (χ0v) is 11.0. The van der Waals surface area contributed by atoms with Crippen LogP contribution in [0.1, 0.15) is 24.1 Å². The second-order valence-electron chi connectivity index (χ2n) is 4.65. The van der Waals surface area contributed by atoms with Crippen LogP contribution in [0.3, 0.4) is 0 Å². The van der Waals surface area contributed by atoms with E-state index in [4.69, 9.17) is 0 Å². The molecule has 2 aromatic carbocycles. The first kappa shape index (κ1) is 12.8. The van der Waals surface area contributed by atoms with Crippen LogP contribution in [-0.2, 0) is 0 Å². The lowest BCUT2D eigenvalue weighted by Gasteiger charge is -2.12. The average molecular weight is 243 g/mol. The fourth-order valence-corrected chi connectivity index (χ4v) is 2.06. The molecular formula is C16H18FN. The van der Waals surface area contributed by atoms with Gasteiger partial charge >= 0.3 is 0 Å². The Labute approximate surface area is 108 Å². The van der Waals surface area contributed by atoms with Gasteiger partial charge in [-0.15, -0.1) is 0 Å². The van der Waals surface area contributed by atoms with Gasteiger partial charge in [-0.05, 0) is 61.3 Å². The summed E-state index contributed by atoms with van der Waals surface area (Å²) in [4.78, 5) is 0. The number of benzene rings is 2. The molecule has 0 aliphatic carbocycles. The van der Waals surface area contributed by atoms with Gasteiger partial charge in [0.2, 0.25) is 0 Å². The minimum absolute atomic E-state index is 0.183. The Morgan fingerprint density at radius 2 is 1.83 bits per heavy atom. The lowest BCUT2D eigenvalue weighted by atomic mass is 9.99. The molecule has 0 fully saturated rings. The first-order valence-electron chi connectivity index (χ1n) is 6.15. The van der Waals surface area contributed by atoms with Gasteiger partial charge in [0.15, 0.2) is 0 Å². The van der Waals surface area contributed by atoms with Crippen molar-refractivity contribution in [2.45, 2.75) is 19.9 Å². The Hall–Kier alpha value is -1.67. The van der Waals surface area contributed by atoms with Crippen LogP contribution in [0.2, 0.25) is 0 Å². The van der Waals surface area contributed by atoms with Crippen LogP contribution in [0.25, 0.3) is 11.1 Å². The maximum atomic E-state index is 13.4. The van der Waals surface area contributed by atoms with Crippen LogP contribution in [0.4, 0.5) is 4.39 Å². The molecule has 0 saturated heterocycles. The summed E-state index contributed by atoms with van der Waals surface area (Å²) >= 11 is 0. The van der Waals surface area contributed by atoms with Gasteiger partial charge < -0.3 is 5.32 Å². The van der Waals surface area contributed by atoms with Gasteiger partial charge in [0.25, 0.3) is 0 Å². The molecule has 0 amide bonds. The summed E-state index contributed by atoms with van der Waals surface area (Å²) in [5, 5.41) is 3.21. The molecule has 0 aromatic heterocycles. The SMILES string of the molecule is CNC(C)c1cccc(-c2cc(C)cc(F)c2)c1. The van der Waals surface area contributed by atoms with Gasteiger partial charge in [0, 0.05) is 6.04 Å². The third-order valence-corrected chi connectivity index (χ3v) is 3.20. The molecule has 0 aliphatic heterocycles. The largest absolute Gasteiger partial charge is 0.313 e. The van der Waals surface area contributed by atoms with E-state index in [1.165, 1.54) is 5.56 Å². The van der Waals surface area contributed by atoms with Crippen molar-refractivity contribution in [3.63, 3.8) is 0 Å². The van der Waals surface area contributed by atoms with Crippen LogP contribution in [0, 0.1) is 12.7 Å². The summed E-state index contributed by atoms with van der Waals surface area (Å²) < 4.78 is 13.4. The minimum Gasteiger partial charge on any atom is -0.313 e. The highest BCUT2D eigenvalue weighted by molar-refractivity contribution is 5.65. The second-order valence-corrected chi connectivity index (χ2v) is 4.65. The number of hydrogen-bond acceptors (Lipinski definition) is 1. The van der Waals surface area contributed by atoms with Gasteiger partial charge in [0.05, 0.1) is 0 Å². The second kappa shape index (κ2) is 5.32. The molecule has 0 heterocycles. The number of halogens is 1. The van der Waals surface area contributed by atoms with Crippen LogP contribution >= 0.6 is 0 Å². The Morgan fingerprint density at radius 3 is 2.50 bits per heavy atom. The molecule has 0 saturated carbocycles. The summed E-state index contributed by atoms with van der Waals surface area (Å²) in [7, 11) is 1.93. The first-order valence-corrected chi connectivity index (χ1v) is 6.15. The molecule has 2 heteroatoms. The monoisotopic (exact) mass is 243 g/mol. The molecule has 1 unspecified atom stereocenters. The number of hydrogen-bond donors (Lipinski definition) is 1. The quantitative estimate of drug-likeness (QED) is 0.856. The highest BCUT2D eigenvalue weighted by Crippen LogP contribution is 2.24. The highest BCUT2D eigenvalue weighted by atomic mass is 19.1.